The van der Waals surface area contributed by atoms with Crippen LogP contribution in [0.2, 0.25) is 5.02 Å². The van der Waals surface area contributed by atoms with Gasteiger partial charge in [0.1, 0.15) is 6.04 Å². The third kappa shape index (κ3) is 7.69. The number of halogens is 1. The highest BCUT2D eigenvalue weighted by molar-refractivity contribution is 6.31. The van der Waals surface area contributed by atoms with Crippen molar-refractivity contribution in [2.45, 2.75) is 65.0 Å². The molecule has 0 bridgehead atoms. The molecule has 0 aliphatic heterocycles. The summed E-state index contributed by atoms with van der Waals surface area (Å²) in [6, 6.07) is 25.1. The van der Waals surface area contributed by atoms with Crippen LogP contribution in [0.4, 0.5) is 0 Å². The maximum Gasteiger partial charge on any atom is 0.243 e. The second-order valence-corrected chi connectivity index (χ2v) is 10.6. The zero-order chi connectivity index (χ0) is 26.1. The molecule has 3 aromatic rings. The molecule has 0 aliphatic rings. The van der Waals surface area contributed by atoms with Crippen LogP contribution in [-0.4, -0.2) is 29.3 Å². The summed E-state index contributed by atoms with van der Waals surface area (Å²) in [7, 11) is 0. The Hall–Kier alpha value is -3.11. The number of hydrogen-bond donors (Lipinski definition) is 1. The van der Waals surface area contributed by atoms with Crippen molar-refractivity contribution in [3.05, 3.63) is 106 Å². The van der Waals surface area contributed by atoms with Crippen molar-refractivity contribution in [1.29, 1.82) is 0 Å². The van der Waals surface area contributed by atoms with Gasteiger partial charge in [-0.05, 0) is 47.1 Å². The zero-order valence-electron chi connectivity index (χ0n) is 21.8. The van der Waals surface area contributed by atoms with Gasteiger partial charge in [-0.15, -0.1) is 0 Å². The summed E-state index contributed by atoms with van der Waals surface area (Å²) in [6.07, 6.45) is 1.35. The average Bonchev–Trinajstić information content (AvgIpc) is 2.86. The van der Waals surface area contributed by atoms with Crippen molar-refractivity contribution < 1.29 is 9.59 Å². The van der Waals surface area contributed by atoms with E-state index >= 15 is 0 Å². The van der Waals surface area contributed by atoms with Crippen LogP contribution < -0.4 is 5.32 Å². The SMILES string of the molecule is CCNC(=O)[C@@H](Cc1ccccc1)N(Cc1ccccc1Cl)C(=O)CCc1ccc(C(C)(C)C)cc1. The molecule has 0 radical (unpaired) electrons. The van der Waals surface area contributed by atoms with Gasteiger partial charge in [0.25, 0.3) is 0 Å². The molecule has 36 heavy (non-hydrogen) atoms. The highest BCUT2D eigenvalue weighted by Crippen LogP contribution is 2.24. The van der Waals surface area contributed by atoms with Crippen molar-refractivity contribution in [1.82, 2.24) is 10.2 Å². The highest BCUT2D eigenvalue weighted by Gasteiger charge is 2.30. The van der Waals surface area contributed by atoms with Gasteiger partial charge in [-0.1, -0.05) is 105 Å². The maximum atomic E-state index is 13.7. The van der Waals surface area contributed by atoms with Gasteiger partial charge in [-0.3, -0.25) is 9.59 Å². The predicted octanol–water partition coefficient (Wildman–Crippen LogP) is 6.35. The van der Waals surface area contributed by atoms with Gasteiger partial charge < -0.3 is 10.2 Å². The lowest BCUT2D eigenvalue weighted by Crippen LogP contribution is -2.50. The first-order valence-electron chi connectivity index (χ1n) is 12.6. The number of rotatable bonds is 10. The Kier molecular flexibility index (Phi) is 9.72. The Bertz CT molecular complexity index is 1140. The first kappa shape index (κ1) is 27.5. The molecule has 0 saturated carbocycles. The Morgan fingerprint density at radius 3 is 2.14 bits per heavy atom. The Balaban J connectivity index is 1.86. The van der Waals surface area contributed by atoms with E-state index in [0.29, 0.717) is 30.8 Å². The van der Waals surface area contributed by atoms with Gasteiger partial charge in [0.05, 0.1) is 0 Å². The molecule has 2 amide bonds. The number of amides is 2. The van der Waals surface area contributed by atoms with Crippen molar-refractivity contribution in [3.8, 4) is 0 Å². The Labute approximate surface area is 220 Å². The van der Waals surface area contributed by atoms with E-state index in [1.54, 1.807) is 4.90 Å². The predicted molar refractivity (Wildman–Crippen MR) is 148 cm³/mol. The van der Waals surface area contributed by atoms with Crippen LogP contribution in [0, 0.1) is 0 Å². The summed E-state index contributed by atoms with van der Waals surface area (Å²) >= 11 is 6.46. The summed E-state index contributed by atoms with van der Waals surface area (Å²) in [5.74, 6) is -0.224. The highest BCUT2D eigenvalue weighted by atomic mass is 35.5. The number of carbonyl (C=O) groups excluding carboxylic acids is 2. The summed E-state index contributed by atoms with van der Waals surface area (Å²) in [4.78, 5) is 28.6. The fourth-order valence-electron chi connectivity index (χ4n) is 4.22. The van der Waals surface area contributed by atoms with Gasteiger partial charge in [0, 0.05) is 31.0 Å². The number of nitrogens with zero attached hydrogens (tertiary/aromatic N) is 1. The van der Waals surface area contributed by atoms with E-state index < -0.39 is 6.04 Å². The third-order valence-electron chi connectivity index (χ3n) is 6.37. The average molecular weight is 505 g/mol. The topological polar surface area (TPSA) is 49.4 Å². The van der Waals surface area contributed by atoms with E-state index in [2.05, 4.69) is 50.4 Å². The molecule has 3 aromatic carbocycles. The van der Waals surface area contributed by atoms with E-state index in [0.717, 1.165) is 16.7 Å². The number of aryl methyl sites for hydroxylation is 1. The molecule has 0 spiro atoms. The number of nitrogens with one attached hydrogen (secondary N) is 1. The van der Waals surface area contributed by atoms with E-state index in [9.17, 15) is 9.59 Å². The van der Waals surface area contributed by atoms with Crippen molar-refractivity contribution >= 4 is 23.4 Å². The van der Waals surface area contributed by atoms with E-state index in [1.807, 2.05) is 61.5 Å². The second-order valence-electron chi connectivity index (χ2n) is 10.2. The minimum atomic E-state index is -0.639. The zero-order valence-corrected chi connectivity index (χ0v) is 22.5. The lowest BCUT2D eigenvalue weighted by atomic mass is 9.86. The number of hydrogen-bond acceptors (Lipinski definition) is 2. The molecule has 3 rings (SSSR count). The minimum Gasteiger partial charge on any atom is -0.355 e. The summed E-state index contributed by atoms with van der Waals surface area (Å²) in [5, 5.41) is 3.52. The molecular weight excluding hydrogens is 468 g/mol. The van der Waals surface area contributed by atoms with Gasteiger partial charge >= 0.3 is 0 Å². The van der Waals surface area contributed by atoms with Gasteiger partial charge in [-0.2, -0.15) is 0 Å². The quantitative estimate of drug-likeness (QED) is 0.350. The number of benzene rings is 3. The summed E-state index contributed by atoms with van der Waals surface area (Å²) in [6.45, 7) is 9.22. The molecule has 190 valence electrons. The van der Waals surface area contributed by atoms with Gasteiger partial charge in [-0.25, -0.2) is 0 Å². The maximum absolute atomic E-state index is 13.7. The molecular formula is C31H37ClN2O2. The Morgan fingerprint density at radius 1 is 0.889 bits per heavy atom. The van der Waals surface area contributed by atoms with Crippen molar-refractivity contribution in [2.24, 2.45) is 0 Å². The lowest BCUT2D eigenvalue weighted by Gasteiger charge is -2.32. The van der Waals surface area contributed by atoms with Crippen molar-refractivity contribution in [2.75, 3.05) is 6.54 Å². The molecule has 0 fully saturated rings. The normalized spacial score (nSPS) is 12.1. The van der Waals surface area contributed by atoms with E-state index in [1.165, 1.54) is 5.56 Å². The smallest absolute Gasteiger partial charge is 0.243 e. The molecule has 0 heterocycles. The number of carbonyl (C=O) groups is 2. The Morgan fingerprint density at radius 2 is 1.53 bits per heavy atom. The summed E-state index contributed by atoms with van der Waals surface area (Å²) < 4.78 is 0. The van der Waals surface area contributed by atoms with Crippen LogP contribution >= 0.6 is 11.6 Å². The van der Waals surface area contributed by atoms with E-state index in [-0.39, 0.29) is 23.8 Å². The molecule has 5 heteroatoms. The largest absolute Gasteiger partial charge is 0.355 e. The van der Waals surface area contributed by atoms with Crippen LogP contribution in [0.25, 0.3) is 0 Å². The first-order valence-corrected chi connectivity index (χ1v) is 13.0. The van der Waals surface area contributed by atoms with Crippen molar-refractivity contribution in [3.63, 3.8) is 0 Å². The van der Waals surface area contributed by atoms with Crippen LogP contribution in [0.1, 0.15) is 56.4 Å². The number of likely N-dealkylation sites (N-methyl/N-ethyl adjacent to an activating group) is 1. The lowest BCUT2D eigenvalue weighted by molar-refractivity contribution is -0.141. The molecule has 0 saturated heterocycles. The molecule has 0 aliphatic carbocycles. The molecule has 0 unspecified atom stereocenters. The molecule has 1 atom stereocenters. The van der Waals surface area contributed by atoms with Gasteiger partial charge in [0.2, 0.25) is 11.8 Å². The van der Waals surface area contributed by atoms with Crippen LogP contribution in [-0.2, 0) is 34.4 Å². The second kappa shape index (κ2) is 12.7. The summed E-state index contributed by atoms with van der Waals surface area (Å²) in [5.41, 5.74) is 4.27. The monoisotopic (exact) mass is 504 g/mol. The molecule has 0 aromatic heterocycles. The minimum absolute atomic E-state index is 0.0676. The first-order chi connectivity index (χ1) is 17.2. The standard InChI is InChI=1S/C31H37ClN2O2/c1-5-33-30(36)28(21-24-11-7-6-8-12-24)34(22-25-13-9-10-14-27(25)32)29(35)20-17-23-15-18-26(19-16-23)31(2,3)4/h6-16,18-19,28H,5,17,20-22H2,1-4H3,(H,33,36)/t28-/m1/s1. The van der Waals surface area contributed by atoms with Crippen LogP contribution in [0.3, 0.4) is 0 Å². The fourth-order valence-corrected chi connectivity index (χ4v) is 4.42. The van der Waals surface area contributed by atoms with Crippen LogP contribution in [0.15, 0.2) is 78.9 Å². The molecule has 4 nitrogen and oxygen atoms in total. The van der Waals surface area contributed by atoms with Gasteiger partial charge in [0.15, 0.2) is 0 Å². The fraction of sp³-hybridized carbons (Fsp3) is 0.355. The van der Waals surface area contributed by atoms with Crippen LogP contribution in [0.5, 0.6) is 0 Å². The molecule has 1 N–H and O–H groups in total. The van der Waals surface area contributed by atoms with E-state index in [4.69, 9.17) is 11.6 Å². The third-order valence-corrected chi connectivity index (χ3v) is 6.74.